The van der Waals surface area contributed by atoms with Gasteiger partial charge < -0.3 is 0 Å². The van der Waals surface area contributed by atoms with E-state index in [1.54, 1.807) is 0 Å². The molecule has 15 heavy (non-hydrogen) atoms. The highest BCUT2D eigenvalue weighted by atomic mass is 14.6. The van der Waals surface area contributed by atoms with E-state index >= 15 is 0 Å². The first-order valence-corrected chi connectivity index (χ1v) is 6.70. The average molecular weight is 208 g/mol. The molecule has 2 fully saturated rings. The summed E-state index contributed by atoms with van der Waals surface area (Å²) in [6, 6.07) is 0. The molecule has 3 atom stereocenters. The first kappa shape index (κ1) is 11.5. The lowest BCUT2D eigenvalue weighted by molar-refractivity contribution is -0.0313. The number of hydrogen-bond acceptors (Lipinski definition) is 0. The maximum Gasteiger partial charge on any atom is -0.0255 e. The van der Waals surface area contributed by atoms with Crippen molar-refractivity contribution in [3.05, 3.63) is 0 Å². The van der Waals surface area contributed by atoms with Gasteiger partial charge in [-0.1, -0.05) is 48.0 Å². The third-order valence-electron chi connectivity index (χ3n) is 5.83. The van der Waals surface area contributed by atoms with Gasteiger partial charge >= 0.3 is 0 Å². The molecule has 0 heteroatoms. The van der Waals surface area contributed by atoms with E-state index in [4.69, 9.17) is 0 Å². The molecule has 0 N–H and O–H groups in total. The van der Waals surface area contributed by atoms with E-state index in [0.717, 1.165) is 11.8 Å². The Morgan fingerprint density at radius 2 is 1.53 bits per heavy atom. The fourth-order valence-corrected chi connectivity index (χ4v) is 5.55. The molecule has 0 aromatic carbocycles. The Hall–Kier alpha value is 0. The second-order valence-electron chi connectivity index (χ2n) is 7.86. The fourth-order valence-electron chi connectivity index (χ4n) is 5.55. The molecule has 0 heterocycles. The minimum absolute atomic E-state index is 0.540. The molecule has 3 unspecified atom stereocenters. The number of fused-ring (bicyclic) bond motifs is 1. The summed E-state index contributed by atoms with van der Waals surface area (Å²) in [6.07, 6.45) is 5.80. The van der Waals surface area contributed by atoms with Crippen LogP contribution in [0, 0.1) is 28.1 Å². The molecule has 88 valence electrons. The molecular weight excluding hydrogens is 180 g/mol. The van der Waals surface area contributed by atoms with Crippen molar-refractivity contribution in [1.82, 2.24) is 0 Å². The zero-order valence-electron chi connectivity index (χ0n) is 11.5. The third kappa shape index (κ3) is 1.47. The summed E-state index contributed by atoms with van der Waals surface area (Å²) in [5.41, 5.74) is 1.73. The van der Waals surface area contributed by atoms with Gasteiger partial charge in [0, 0.05) is 0 Å². The van der Waals surface area contributed by atoms with E-state index in [2.05, 4.69) is 41.5 Å². The standard InChI is InChI=1S/C15H28/c1-11-10-15(6)9-7-8-13(2,3)12(15)14(11,4)5/h11-12H,7-10H2,1-6H3. The van der Waals surface area contributed by atoms with Crippen LogP contribution in [0.5, 0.6) is 0 Å². The monoisotopic (exact) mass is 208 g/mol. The van der Waals surface area contributed by atoms with E-state index < -0.39 is 0 Å². The van der Waals surface area contributed by atoms with Gasteiger partial charge in [-0.15, -0.1) is 0 Å². The van der Waals surface area contributed by atoms with Crippen LogP contribution in [0.4, 0.5) is 0 Å². The molecule has 0 amide bonds. The van der Waals surface area contributed by atoms with Crippen molar-refractivity contribution in [1.29, 1.82) is 0 Å². The van der Waals surface area contributed by atoms with Gasteiger partial charge in [0.05, 0.1) is 0 Å². The minimum atomic E-state index is 0.540. The number of rotatable bonds is 0. The van der Waals surface area contributed by atoms with Crippen molar-refractivity contribution < 1.29 is 0 Å². The molecule has 2 rings (SSSR count). The predicted octanol–water partition coefficient (Wildman–Crippen LogP) is 4.89. The predicted molar refractivity (Wildman–Crippen MR) is 66.8 cm³/mol. The molecule has 0 radical (unpaired) electrons. The summed E-state index contributed by atoms with van der Waals surface area (Å²) < 4.78 is 0. The summed E-state index contributed by atoms with van der Waals surface area (Å²) in [5, 5.41) is 0. The summed E-state index contributed by atoms with van der Waals surface area (Å²) in [5.74, 6) is 1.81. The van der Waals surface area contributed by atoms with Gasteiger partial charge in [0.15, 0.2) is 0 Å². The van der Waals surface area contributed by atoms with E-state index in [9.17, 15) is 0 Å². The SMILES string of the molecule is CC1CC2(C)CCCC(C)(C)C2C1(C)C. The Labute approximate surface area is 95.8 Å². The van der Waals surface area contributed by atoms with Crippen LogP contribution in [-0.2, 0) is 0 Å². The molecule has 0 nitrogen and oxygen atoms in total. The van der Waals surface area contributed by atoms with Gasteiger partial charge in [0.25, 0.3) is 0 Å². The van der Waals surface area contributed by atoms with Crippen molar-refractivity contribution >= 4 is 0 Å². The lowest BCUT2D eigenvalue weighted by atomic mass is 9.53. The van der Waals surface area contributed by atoms with E-state index in [1.807, 2.05) is 0 Å². The van der Waals surface area contributed by atoms with Gasteiger partial charge in [-0.05, 0) is 47.3 Å². The first-order valence-electron chi connectivity index (χ1n) is 6.70. The van der Waals surface area contributed by atoms with Crippen LogP contribution in [0.1, 0.15) is 67.2 Å². The van der Waals surface area contributed by atoms with Crippen LogP contribution < -0.4 is 0 Å². The molecule has 0 saturated heterocycles. The Bertz CT molecular complexity index is 261. The summed E-state index contributed by atoms with van der Waals surface area (Å²) >= 11 is 0. The normalized spacial score (nSPS) is 47.6. The highest BCUT2D eigenvalue weighted by Gasteiger charge is 2.59. The zero-order chi connectivity index (χ0) is 11.5. The highest BCUT2D eigenvalue weighted by Crippen LogP contribution is 2.67. The summed E-state index contributed by atoms with van der Waals surface area (Å²) in [7, 11) is 0. The van der Waals surface area contributed by atoms with Crippen LogP contribution >= 0.6 is 0 Å². The van der Waals surface area contributed by atoms with E-state index in [0.29, 0.717) is 16.2 Å². The van der Waals surface area contributed by atoms with Crippen LogP contribution in [-0.4, -0.2) is 0 Å². The smallest absolute Gasteiger partial charge is 0.0255 e. The van der Waals surface area contributed by atoms with Crippen LogP contribution in [0.2, 0.25) is 0 Å². The molecule has 2 saturated carbocycles. The van der Waals surface area contributed by atoms with Crippen LogP contribution in [0.15, 0.2) is 0 Å². The molecule has 0 aromatic heterocycles. The zero-order valence-corrected chi connectivity index (χ0v) is 11.5. The third-order valence-corrected chi connectivity index (χ3v) is 5.83. The quantitative estimate of drug-likeness (QED) is 0.532. The van der Waals surface area contributed by atoms with Gasteiger partial charge in [-0.25, -0.2) is 0 Å². The Morgan fingerprint density at radius 3 is 2.07 bits per heavy atom. The summed E-state index contributed by atoms with van der Waals surface area (Å²) in [4.78, 5) is 0. The van der Waals surface area contributed by atoms with E-state index in [1.165, 1.54) is 25.7 Å². The average Bonchev–Trinajstić information content (AvgIpc) is 2.17. The van der Waals surface area contributed by atoms with Crippen molar-refractivity contribution in [3.8, 4) is 0 Å². The number of hydrogen-bond donors (Lipinski definition) is 0. The van der Waals surface area contributed by atoms with Crippen LogP contribution in [0.25, 0.3) is 0 Å². The Kier molecular flexibility index (Phi) is 2.31. The molecular formula is C15H28. The molecule has 2 aliphatic carbocycles. The topological polar surface area (TPSA) is 0 Å². The largest absolute Gasteiger partial charge is 0.0620 e. The van der Waals surface area contributed by atoms with Crippen molar-refractivity contribution in [2.45, 2.75) is 67.2 Å². The highest BCUT2D eigenvalue weighted by molar-refractivity contribution is 5.08. The van der Waals surface area contributed by atoms with Crippen molar-refractivity contribution in [3.63, 3.8) is 0 Å². The lowest BCUT2D eigenvalue weighted by Crippen LogP contribution is -2.44. The van der Waals surface area contributed by atoms with Crippen LogP contribution in [0.3, 0.4) is 0 Å². The molecule has 0 bridgehead atoms. The molecule has 0 aromatic rings. The minimum Gasteiger partial charge on any atom is -0.0620 e. The van der Waals surface area contributed by atoms with Gasteiger partial charge in [0.2, 0.25) is 0 Å². The Balaban J connectivity index is 2.43. The molecule has 0 aliphatic heterocycles. The second-order valence-corrected chi connectivity index (χ2v) is 7.86. The first-order chi connectivity index (χ1) is 6.70. The van der Waals surface area contributed by atoms with Crippen molar-refractivity contribution in [2.75, 3.05) is 0 Å². The maximum absolute atomic E-state index is 2.56. The van der Waals surface area contributed by atoms with E-state index in [-0.39, 0.29) is 0 Å². The summed E-state index contributed by atoms with van der Waals surface area (Å²) in [6.45, 7) is 15.1. The molecule has 2 aliphatic rings. The van der Waals surface area contributed by atoms with Gasteiger partial charge in [0.1, 0.15) is 0 Å². The van der Waals surface area contributed by atoms with Crippen molar-refractivity contribution in [2.24, 2.45) is 28.1 Å². The van der Waals surface area contributed by atoms with Gasteiger partial charge in [-0.2, -0.15) is 0 Å². The van der Waals surface area contributed by atoms with Gasteiger partial charge in [-0.3, -0.25) is 0 Å². The second kappa shape index (κ2) is 3.02. The fraction of sp³-hybridized carbons (Fsp3) is 1.00. The molecule has 0 spiro atoms. The maximum atomic E-state index is 2.56. The Morgan fingerprint density at radius 1 is 0.933 bits per heavy atom. The lowest BCUT2D eigenvalue weighted by Gasteiger charge is -2.52.